The SMILES string of the molecule is O=C1OC(=O)n2cccc21. The Kier molecular flexibility index (Phi) is 0.768. The van der Waals surface area contributed by atoms with Crippen LogP contribution < -0.4 is 0 Å². The van der Waals surface area contributed by atoms with E-state index >= 15 is 0 Å². The van der Waals surface area contributed by atoms with Gasteiger partial charge in [0.25, 0.3) is 0 Å². The third kappa shape index (κ3) is 0.452. The topological polar surface area (TPSA) is 48.3 Å². The Morgan fingerprint density at radius 2 is 2.20 bits per heavy atom. The van der Waals surface area contributed by atoms with Gasteiger partial charge < -0.3 is 4.74 Å². The van der Waals surface area contributed by atoms with E-state index in [-0.39, 0.29) is 0 Å². The monoisotopic (exact) mass is 137 g/mol. The van der Waals surface area contributed by atoms with Gasteiger partial charge in [-0.3, -0.25) is 0 Å². The molecule has 0 aromatic carbocycles. The summed E-state index contributed by atoms with van der Waals surface area (Å²) in [4.78, 5) is 21.3. The number of aromatic nitrogens is 1. The van der Waals surface area contributed by atoms with E-state index in [1.165, 1.54) is 16.8 Å². The predicted molar refractivity (Wildman–Crippen MR) is 30.6 cm³/mol. The lowest BCUT2D eigenvalue weighted by Crippen LogP contribution is -2.02. The second-order valence-electron chi connectivity index (χ2n) is 1.92. The maximum absolute atomic E-state index is 10.7. The first-order valence-electron chi connectivity index (χ1n) is 2.73. The maximum Gasteiger partial charge on any atom is 0.426 e. The first-order valence-corrected chi connectivity index (χ1v) is 2.73. The fourth-order valence-electron chi connectivity index (χ4n) is 0.887. The van der Waals surface area contributed by atoms with Gasteiger partial charge in [-0.15, -0.1) is 0 Å². The lowest BCUT2D eigenvalue weighted by Gasteiger charge is -1.84. The van der Waals surface area contributed by atoms with Crippen LogP contribution in [0.2, 0.25) is 0 Å². The highest BCUT2D eigenvalue weighted by molar-refractivity contribution is 6.03. The molecule has 1 aromatic heterocycles. The molecule has 0 radical (unpaired) electrons. The number of esters is 1. The minimum Gasteiger partial charge on any atom is -0.371 e. The standard InChI is InChI=1S/C6H3NO3/c8-5-4-2-1-3-7(4)6(9)10-5/h1-3H. The van der Waals surface area contributed by atoms with Crippen molar-refractivity contribution in [3.05, 3.63) is 24.0 Å². The molecule has 1 aromatic rings. The summed E-state index contributed by atoms with van der Waals surface area (Å²) < 4.78 is 5.43. The average Bonchev–Trinajstić information content (AvgIpc) is 2.39. The number of hydrogen-bond donors (Lipinski definition) is 0. The molecule has 0 unspecified atom stereocenters. The van der Waals surface area contributed by atoms with Crippen molar-refractivity contribution in [2.24, 2.45) is 0 Å². The smallest absolute Gasteiger partial charge is 0.371 e. The van der Waals surface area contributed by atoms with Crippen molar-refractivity contribution >= 4 is 12.1 Å². The number of carbonyl (C=O) groups excluding carboxylic acids is 2. The molecular weight excluding hydrogens is 134 g/mol. The molecule has 0 saturated heterocycles. The Morgan fingerprint density at radius 1 is 1.40 bits per heavy atom. The Morgan fingerprint density at radius 3 is 2.90 bits per heavy atom. The molecule has 0 amide bonds. The Bertz CT molecular complexity index is 284. The third-order valence-electron chi connectivity index (χ3n) is 1.33. The van der Waals surface area contributed by atoms with E-state index < -0.39 is 12.1 Å². The van der Waals surface area contributed by atoms with Gasteiger partial charge in [0.15, 0.2) is 0 Å². The molecule has 50 valence electrons. The van der Waals surface area contributed by atoms with E-state index in [0.29, 0.717) is 5.69 Å². The summed E-state index contributed by atoms with van der Waals surface area (Å²) in [6, 6.07) is 3.15. The second-order valence-corrected chi connectivity index (χ2v) is 1.92. The number of fused-ring (bicyclic) bond motifs is 1. The van der Waals surface area contributed by atoms with Gasteiger partial charge in [-0.05, 0) is 12.1 Å². The summed E-state index contributed by atoms with van der Waals surface area (Å²) >= 11 is 0. The van der Waals surface area contributed by atoms with E-state index in [9.17, 15) is 9.59 Å². The van der Waals surface area contributed by atoms with Gasteiger partial charge in [0.05, 0.1) is 0 Å². The molecule has 0 spiro atoms. The van der Waals surface area contributed by atoms with Crippen LogP contribution in [0.1, 0.15) is 10.5 Å². The Labute approximate surface area is 56.0 Å². The van der Waals surface area contributed by atoms with Crippen molar-refractivity contribution in [2.45, 2.75) is 0 Å². The molecule has 4 heteroatoms. The zero-order chi connectivity index (χ0) is 7.14. The fourth-order valence-corrected chi connectivity index (χ4v) is 0.887. The molecule has 2 heterocycles. The highest BCUT2D eigenvalue weighted by Crippen LogP contribution is 2.12. The third-order valence-corrected chi connectivity index (χ3v) is 1.33. The summed E-state index contributed by atoms with van der Waals surface area (Å²) in [6.45, 7) is 0. The van der Waals surface area contributed by atoms with Crippen molar-refractivity contribution in [3.8, 4) is 0 Å². The van der Waals surface area contributed by atoms with Crippen LogP contribution in [0.15, 0.2) is 18.3 Å². The summed E-state index contributed by atoms with van der Waals surface area (Å²) in [5.74, 6) is -0.574. The van der Waals surface area contributed by atoms with Crippen LogP contribution in [-0.2, 0) is 4.74 Å². The summed E-state index contributed by atoms with van der Waals surface area (Å²) in [7, 11) is 0. The van der Waals surface area contributed by atoms with Crippen molar-refractivity contribution in [1.82, 2.24) is 4.57 Å². The molecule has 0 atom stereocenters. The van der Waals surface area contributed by atoms with Gasteiger partial charge in [0, 0.05) is 6.20 Å². The number of carbonyl (C=O) groups is 2. The van der Waals surface area contributed by atoms with Gasteiger partial charge in [-0.2, -0.15) is 0 Å². The minimum atomic E-state index is -0.620. The normalized spacial score (nSPS) is 15.2. The molecule has 1 aliphatic heterocycles. The van der Waals surface area contributed by atoms with Crippen LogP contribution in [0.25, 0.3) is 0 Å². The molecule has 0 N–H and O–H groups in total. The van der Waals surface area contributed by atoms with Crippen LogP contribution >= 0.6 is 0 Å². The fraction of sp³-hybridized carbons (Fsp3) is 0. The maximum atomic E-state index is 10.7. The lowest BCUT2D eigenvalue weighted by atomic mass is 10.4. The van der Waals surface area contributed by atoms with E-state index in [0.717, 1.165) is 0 Å². The first-order chi connectivity index (χ1) is 4.79. The van der Waals surface area contributed by atoms with Crippen molar-refractivity contribution < 1.29 is 14.3 Å². The van der Waals surface area contributed by atoms with Crippen LogP contribution in [-0.4, -0.2) is 16.6 Å². The summed E-state index contributed by atoms with van der Waals surface area (Å²) in [5, 5.41) is 0. The van der Waals surface area contributed by atoms with Gasteiger partial charge >= 0.3 is 12.1 Å². The first kappa shape index (κ1) is 5.22. The van der Waals surface area contributed by atoms with Gasteiger partial charge in [0.1, 0.15) is 5.69 Å². The quantitative estimate of drug-likeness (QED) is 0.389. The second kappa shape index (κ2) is 1.47. The molecule has 1 aliphatic rings. The average molecular weight is 137 g/mol. The van der Waals surface area contributed by atoms with E-state index in [1.807, 2.05) is 0 Å². The number of rotatable bonds is 0. The van der Waals surface area contributed by atoms with Crippen molar-refractivity contribution in [3.63, 3.8) is 0 Å². The molecular formula is C6H3NO3. The van der Waals surface area contributed by atoms with Crippen LogP contribution in [0.5, 0.6) is 0 Å². The Balaban J connectivity index is 2.69. The van der Waals surface area contributed by atoms with Crippen LogP contribution in [0.4, 0.5) is 4.79 Å². The number of ether oxygens (including phenoxy) is 1. The highest BCUT2D eigenvalue weighted by atomic mass is 16.6. The van der Waals surface area contributed by atoms with Gasteiger partial charge in [-0.25, -0.2) is 14.2 Å². The van der Waals surface area contributed by atoms with Gasteiger partial charge in [-0.1, -0.05) is 0 Å². The molecule has 0 aliphatic carbocycles. The molecule has 0 saturated carbocycles. The molecule has 2 rings (SSSR count). The summed E-state index contributed by atoms with van der Waals surface area (Å²) in [5.41, 5.74) is 0.296. The highest BCUT2D eigenvalue weighted by Gasteiger charge is 2.27. The van der Waals surface area contributed by atoms with Crippen molar-refractivity contribution in [1.29, 1.82) is 0 Å². The largest absolute Gasteiger partial charge is 0.426 e. The predicted octanol–water partition coefficient (Wildman–Crippen LogP) is 0.627. The minimum absolute atomic E-state index is 0.296. The molecule has 0 bridgehead atoms. The zero-order valence-electron chi connectivity index (χ0n) is 4.90. The number of nitrogens with zero attached hydrogens (tertiary/aromatic N) is 1. The van der Waals surface area contributed by atoms with E-state index in [4.69, 9.17) is 0 Å². The van der Waals surface area contributed by atoms with E-state index in [1.54, 1.807) is 6.07 Å². The van der Waals surface area contributed by atoms with Crippen LogP contribution in [0, 0.1) is 0 Å². The van der Waals surface area contributed by atoms with E-state index in [2.05, 4.69) is 4.74 Å². The number of cyclic esters (lactones) is 2. The van der Waals surface area contributed by atoms with Crippen LogP contribution in [0.3, 0.4) is 0 Å². The lowest BCUT2D eigenvalue weighted by molar-refractivity contribution is 0.0676. The van der Waals surface area contributed by atoms with Crippen molar-refractivity contribution in [2.75, 3.05) is 0 Å². The number of hydrogen-bond acceptors (Lipinski definition) is 3. The molecule has 0 fully saturated rings. The zero-order valence-corrected chi connectivity index (χ0v) is 4.90. The van der Waals surface area contributed by atoms with Gasteiger partial charge in [0.2, 0.25) is 0 Å². The summed E-state index contributed by atoms with van der Waals surface area (Å²) in [6.07, 6.45) is 0.868. The Hall–Kier alpha value is -1.58. The molecule has 4 nitrogen and oxygen atoms in total. The molecule has 10 heavy (non-hydrogen) atoms.